The zero-order valence-corrected chi connectivity index (χ0v) is 25.8. The van der Waals surface area contributed by atoms with E-state index >= 15 is 4.39 Å². The number of benzene rings is 2. The number of amides is 1. The van der Waals surface area contributed by atoms with Crippen molar-refractivity contribution < 1.29 is 23.4 Å². The molecular formula is C32H39FN6O4. The zero-order chi connectivity index (χ0) is 30.6. The van der Waals surface area contributed by atoms with Crippen LogP contribution < -0.4 is 9.64 Å². The quantitative estimate of drug-likeness (QED) is 0.252. The van der Waals surface area contributed by atoms with Gasteiger partial charge in [-0.3, -0.25) is 9.58 Å². The number of rotatable bonds is 6. The third-order valence-electron chi connectivity index (χ3n) is 7.93. The van der Waals surface area contributed by atoms with Gasteiger partial charge in [0.25, 0.3) is 0 Å². The van der Waals surface area contributed by atoms with Crippen LogP contribution in [0.15, 0.2) is 30.5 Å². The molecule has 4 aromatic rings. The van der Waals surface area contributed by atoms with E-state index in [-0.39, 0.29) is 36.2 Å². The second kappa shape index (κ2) is 10.9. The largest absolute Gasteiger partial charge is 0.464 e. The van der Waals surface area contributed by atoms with Crippen LogP contribution in [0.25, 0.3) is 33.2 Å². The van der Waals surface area contributed by atoms with E-state index in [1.165, 1.54) is 7.11 Å². The molecular weight excluding hydrogens is 551 g/mol. The van der Waals surface area contributed by atoms with Crippen LogP contribution >= 0.6 is 0 Å². The van der Waals surface area contributed by atoms with E-state index in [1.54, 1.807) is 17.9 Å². The van der Waals surface area contributed by atoms with Crippen molar-refractivity contribution in [3.8, 4) is 17.1 Å². The monoisotopic (exact) mass is 590 g/mol. The highest BCUT2D eigenvalue weighted by molar-refractivity contribution is 5.91. The standard InChI is InChI=1S/C32H39FN6O4/c1-18-14-38(15-19(2)39(18)31(40)43-32(3,4)5)22-10-11-25-23(13-22)27(20-8-9-20)35-30(34-25)24-12-21-16-37(6)36-28(21)26(33)29(24)42-17-41-7/h10-13,16,18-20H,8-9,14-15,17H2,1-7H3/t18-,19+. The SMILES string of the molecule is COCOc1c(-c2nc(C3CC3)c3cc(N4C[C@@H](C)N(C(=O)OC(C)(C)C)[C@@H](C)C4)ccc3n2)cc2cn(C)nc2c1F. The van der Waals surface area contributed by atoms with Gasteiger partial charge in [-0.1, -0.05) is 0 Å². The third kappa shape index (κ3) is 5.70. The second-order valence-corrected chi connectivity index (χ2v) is 12.8. The molecule has 2 atom stereocenters. The Morgan fingerprint density at radius 1 is 1.09 bits per heavy atom. The number of halogens is 1. The molecule has 2 aromatic heterocycles. The Labute approximate surface area is 250 Å². The van der Waals surface area contributed by atoms with Gasteiger partial charge in [0.15, 0.2) is 24.2 Å². The van der Waals surface area contributed by atoms with E-state index in [1.807, 2.05) is 37.8 Å². The molecule has 0 radical (unpaired) electrons. The average Bonchev–Trinajstić information content (AvgIpc) is 3.71. The van der Waals surface area contributed by atoms with E-state index in [0.717, 1.165) is 35.1 Å². The molecule has 0 spiro atoms. The minimum atomic E-state index is -0.564. The maximum atomic E-state index is 15.7. The minimum absolute atomic E-state index is 0.0246. The summed E-state index contributed by atoms with van der Waals surface area (Å²) in [5, 5.41) is 5.89. The zero-order valence-electron chi connectivity index (χ0n) is 25.8. The fourth-order valence-corrected chi connectivity index (χ4v) is 5.99. The number of nitrogens with zero attached hydrogens (tertiary/aromatic N) is 6. The Hall–Kier alpha value is -3.99. The van der Waals surface area contributed by atoms with Gasteiger partial charge in [-0.05, 0) is 71.7 Å². The fraction of sp³-hybridized carbons (Fsp3) is 0.500. The normalized spacial score (nSPS) is 19.3. The van der Waals surface area contributed by atoms with Gasteiger partial charge in [-0.15, -0.1) is 0 Å². The minimum Gasteiger partial charge on any atom is -0.464 e. The van der Waals surface area contributed by atoms with Crippen molar-refractivity contribution in [3.05, 3.63) is 42.0 Å². The number of ether oxygens (including phenoxy) is 3. The lowest BCUT2D eigenvalue weighted by Gasteiger charge is -2.45. The summed E-state index contributed by atoms with van der Waals surface area (Å²) in [5.41, 5.74) is 2.94. The number of anilines is 1. The van der Waals surface area contributed by atoms with E-state index in [2.05, 4.69) is 36.0 Å². The molecule has 228 valence electrons. The maximum Gasteiger partial charge on any atom is 0.410 e. The number of aromatic nitrogens is 4. The average molecular weight is 591 g/mol. The summed E-state index contributed by atoms with van der Waals surface area (Å²) in [5.74, 6) is 0.185. The van der Waals surface area contributed by atoms with E-state index in [9.17, 15) is 4.79 Å². The second-order valence-electron chi connectivity index (χ2n) is 12.8. The molecule has 0 bridgehead atoms. The number of aryl methyl sites for hydroxylation is 1. The lowest BCUT2D eigenvalue weighted by molar-refractivity contribution is 0.00565. The first-order valence-electron chi connectivity index (χ1n) is 14.8. The first-order chi connectivity index (χ1) is 20.4. The van der Waals surface area contributed by atoms with Crippen LogP contribution in [-0.4, -0.2) is 75.4 Å². The molecule has 0 N–H and O–H groups in total. The smallest absolute Gasteiger partial charge is 0.410 e. The van der Waals surface area contributed by atoms with Crippen molar-refractivity contribution in [2.45, 2.75) is 71.1 Å². The molecule has 1 aliphatic heterocycles. The molecule has 1 aliphatic carbocycles. The summed E-state index contributed by atoms with van der Waals surface area (Å²) in [6.07, 6.45) is 3.57. The number of hydrogen-bond acceptors (Lipinski definition) is 8. The highest BCUT2D eigenvalue weighted by Crippen LogP contribution is 2.44. The fourth-order valence-electron chi connectivity index (χ4n) is 5.99. The lowest BCUT2D eigenvalue weighted by atomic mass is 10.0. The Morgan fingerprint density at radius 2 is 1.81 bits per heavy atom. The number of methoxy groups -OCH3 is 1. The van der Waals surface area contributed by atoms with Gasteiger partial charge in [0, 0.05) is 55.8 Å². The summed E-state index contributed by atoms with van der Waals surface area (Å²) < 4.78 is 33.7. The summed E-state index contributed by atoms with van der Waals surface area (Å²) in [6, 6.07) is 7.99. The Bertz CT molecular complexity index is 1680. The van der Waals surface area contributed by atoms with Crippen molar-refractivity contribution in [2.24, 2.45) is 7.05 Å². The molecule has 1 saturated carbocycles. The van der Waals surface area contributed by atoms with Gasteiger partial charge in [0.2, 0.25) is 0 Å². The van der Waals surface area contributed by atoms with E-state index in [0.29, 0.717) is 35.8 Å². The topological polar surface area (TPSA) is 94.8 Å². The number of carbonyl (C=O) groups excluding carboxylic acids is 1. The van der Waals surface area contributed by atoms with Gasteiger partial charge in [-0.25, -0.2) is 19.2 Å². The van der Waals surface area contributed by atoms with Crippen LogP contribution in [0.5, 0.6) is 5.75 Å². The van der Waals surface area contributed by atoms with Gasteiger partial charge >= 0.3 is 6.09 Å². The highest BCUT2D eigenvalue weighted by Gasteiger charge is 2.36. The van der Waals surface area contributed by atoms with Crippen LogP contribution in [0.3, 0.4) is 0 Å². The van der Waals surface area contributed by atoms with Crippen LogP contribution in [0.4, 0.5) is 14.9 Å². The van der Waals surface area contributed by atoms with E-state index < -0.39 is 11.4 Å². The van der Waals surface area contributed by atoms with Crippen LogP contribution in [0.2, 0.25) is 0 Å². The molecule has 0 unspecified atom stereocenters. The van der Waals surface area contributed by atoms with Gasteiger partial charge < -0.3 is 19.1 Å². The van der Waals surface area contributed by atoms with Gasteiger partial charge in [0.05, 0.1) is 28.9 Å². The van der Waals surface area contributed by atoms with Crippen LogP contribution in [-0.2, 0) is 16.5 Å². The molecule has 2 aromatic carbocycles. The summed E-state index contributed by atoms with van der Waals surface area (Å²) in [6.45, 7) is 11.0. The molecule has 6 rings (SSSR count). The Morgan fingerprint density at radius 3 is 2.47 bits per heavy atom. The summed E-state index contributed by atoms with van der Waals surface area (Å²) in [4.78, 5) is 27.0. The molecule has 43 heavy (non-hydrogen) atoms. The molecule has 1 saturated heterocycles. The van der Waals surface area contributed by atoms with Crippen molar-refractivity contribution in [2.75, 3.05) is 31.9 Å². The molecule has 2 aliphatic rings. The van der Waals surface area contributed by atoms with Gasteiger partial charge in [0.1, 0.15) is 11.1 Å². The first kappa shape index (κ1) is 29.1. The van der Waals surface area contributed by atoms with Crippen LogP contribution in [0, 0.1) is 5.82 Å². The van der Waals surface area contributed by atoms with Crippen molar-refractivity contribution >= 4 is 33.6 Å². The molecule has 1 amide bonds. The molecule has 11 heteroatoms. The molecule has 2 fully saturated rings. The Kier molecular flexibility index (Phi) is 7.40. The third-order valence-corrected chi connectivity index (χ3v) is 7.93. The lowest BCUT2D eigenvalue weighted by Crippen LogP contribution is -2.59. The predicted molar refractivity (Wildman–Crippen MR) is 163 cm³/mol. The highest BCUT2D eigenvalue weighted by atomic mass is 19.1. The predicted octanol–water partition coefficient (Wildman–Crippen LogP) is 6.02. The van der Waals surface area contributed by atoms with Crippen molar-refractivity contribution in [1.29, 1.82) is 0 Å². The van der Waals surface area contributed by atoms with Crippen LogP contribution in [0.1, 0.15) is 59.1 Å². The number of fused-ring (bicyclic) bond motifs is 2. The van der Waals surface area contributed by atoms with Crippen molar-refractivity contribution in [3.63, 3.8) is 0 Å². The van der Waals surface area contributed by atoms with E-state index in [4.69, 9.17) is 24.2 Å². The molecule has 3 heterocycles. The first-order valence-corrected chi connectivity index (χ1v) is 14.8. The summed E-state index contributed by atoms with van der Waals surface area (Å²) >= 11 is 0. The summed E-state index contributed by atoms with van der Waals surface area (Å²) in [7, 11) is 3.24. The van der Waals surface area contributed by atoms with Crippen molar-refractivity contribution in [1.82, 2.24) is 24.6 Å². The van der Waals surface area contributed by atoms with Gasteiger partial charge in [-0.2, -0.15) is 5.10 Å². The Balaban J connectivity index is 1.37. The maximum absolute atomic E-state index is 15.7. The molecule has 10 nitrogen and oxygen atoms in total. The number of hydrogen-bond donors (Lipinski definition) is 0. The number of piperazine rings is 1. The number of carbonyl (C=O) groups is 1.